The first-order valence-corrected chi connectivity index (χ1v) is 13.6. The van der Waals surface area contributed by atoms with Crippen molar-refractivity contribution in [2.75, 3.05) is 0 Å². The summed E-state index contributed by atoms with van der Waals surface area (Å²) in [6.07, 6.45) is 5.97. The molecule has 2 aromatic rings. The molecule has 4 amide bonds. The first-order chi connectivity index (χ1) is 19.7. The van der Waals surface area contributed by atoms with Gasteiger partial charge in [0.2, 0.25) is 11.8 Å². The van der Waals surface area contributed by atoms with Gasteiger partial charge in [0.25, 0.3) is 11.8 Å². The average molecular weight is 578 g/mol. The fourth-order valence-electron chi connectivity index (χ4n) is 5.34. The fourth-order valence-corrected chi connectivity index (χ4v) is 5.34. The van der Waals surface area contributed by atoms with Crippen LogP contribution in [0.15, 0.2) is 72.0 Å². The maximum atomic E-state index is 13.6. The zero-order valence-corrected chi connectivity index (χ0v) is 25.7. The van der Waals surface area contributed by atoms with Crippen LogP contribution in [0.1, 0.15) is 61.8 Å². The number of benzene rings is 2. The molecule has 2 aromatic carbocycles. The van der Waals surface area contributed by atoms with E-state index >= 15 is 0 Å². The van der Waals surface area contributed by atoms with Gasteiger partial charge < -0.3 is 15.7 Å². The van der Waals surface area contributed by atoms with Gasteiger partial charge in [-0.25, -0.2) is 10.9 Å². The van der Waals surface area contributed by atoms with Crippen LogP contribution in [0.5, 0.6) is 0 Å². The van der Waals surface area contributed by atoms with Gasteiger partial charge in [0, 0.05) is 17.7 Å². The molecule has 0 bridgehead atoms. The maximum Gasteiger partial charge on any atom is 1.00 e. The Bertz CT molecular complexity index is 1410. The van der Waals surface area contributed by atoms with Crippen molar-refractivity contribution in [2.24, 2.45) is 17.7 Å². The molecule has 4 N–H and O–H groups in total. The molecule has 3 atom stereocenters. The first-order valence-electron chi connectivity index (χ1n) is 13.6. The Labute approximate surface area is 266 Å². The number of hydrazine groups is 1. The van der Waals surface area contributed by atoms with Crippen LogP contribution >= 0.6 is 0 Å². The number of nitrogens with one attached hydrogen (secondary N) is 2. The number of rotatable bonds is 9. The van der Waals surface area contributed by atoms with Crippen molar-refractivity contribution >= 4 is 29.7 Å². The third-order valence-corrected chi connectivity index (χ3v) is 7.60. The maximum absolute atomic E-state index is 13.6. The smallest absolute Gasteiger partial charge is 0.874 e. The van der Waals surface area contributed by atoms with Gasteiger partial charge in [0.05, 0.1) is 30.0 Å². The summed E-state index contributed by atoms with van der Waals surface area (Å²) in [5.74, 6) is 1.41. The molecule has 0 unspecified atom stereocenters. The molecule has 11 heteroatoms. The zero-order chi connectivity index (χ0) is 29.5. The SMILES string of the molecule is C[C@@H]1C(=O)N(N)C(=O)/C1=C(\[O-])[C@@H](NC(=O)C[C@H](NC(=O)/C=C/c1ccc(C#N)cc1)c1ccccc1)C1CCCC1.[Na+]. The second-order valence-corrected chi connectivity index (χ2v) is 10.3. The van der Waals surface area contributed by atoms with Gasteiger partial charge in [0.15, 0.2) is 0 Å². The summed E-state index contributed by atoms with van der Waals surface area (Å²) >= 11 is 0. The number of nitriles is 1. The van der Waals surface area contributed by atoms with Crippen LogP contribution in [0, 0.1) is 23.2 Å². The van der Waals surface area contributed by atoms with E-state index in [0.717, 1.165) is 18.4 Å². The van der Waals surface area contributed by atoms with Crippen molar-refractivity contribution in [3.05, 3.63) is 88.7 Å². The van der Waals surface area contributed by atoms with Crippen LogP contribution in [-0.4, -0.2) is 34.7 Å². The first kappa shape index (κ1) is 32.8. The molecule has 1 aliphatic carbocycles. The number of nitrogens with zero attached hydrogens (tertiary/aromatic N) is 2. The molecule has 0 spiro atoms. The summed E-state index contributed by atoms with van der Waals surface area (Å²) in [6.45, 7) is 1.46. The number of nitrogens with two attached hydrogens (primary N) is 1. The summed E-state index contributed by atoms with van der Waals surface area (Å²) in [4.78, 5) is 51.0. The minimum atomic E-state index is -0.986. The zero-order valence-electron chi connectivity index (χ0n) is 23.7. The molecule has 212 valence electrons. The van der Waals surface area contributed by atoms with Crippen LogP contribution < -0.4 is 51.1 Å². The summed E-state index contributed by atoms with van der Waals surface area (Å²) in [6, 6.07) is 16.1. The van der Waals surface area contributed by atoms with E-state index in [4.69, 9.17) is 11.1 Å². The van der Waals surface area contributed by atoms with E-state index in [0.29, 0.717) is 29.0 Å². The second kappa shape index (κ2) is 14.9. The predicted molar refractivity (Wildman–Crippen MR) is 148 cm³/mol. The Morgan fingerprint density at radius 1 is 1.10 bits per heavy atom. The molecule has 10 nitrogen and oxygen atoms in total. The molecule has 2 fully saturated rings. The van der Waals surface area contributed by atoms with E-state index in [1.807, 2.05) is 12.1 Å². The summed E-state index contributed by atoms with van der Waals surface area (Å²) in [5.41, 5.74) is 1.72. The van der Waals surface area contributed by atoms with E-state index < -0.39 is 47.4 Å². The van der Waals surface area contributed by atoms with E-state index in [2.05, 4.69) is 10.6 Å². The molecule has 42 heavy (non-hydrogen) atoms. The van der Waals surface area contributed by atoms with Gasteiger partial charge in [-0.1, -0.05) is 61.1 Å². The Hall–Kier alpha value is -3.75. The topological polar surface area (TPSA) is 168 Å². The average Bonchev–Trinajstić information content (AvgIpc) is 3.58. The van der Waals surface area contributed by atoms with Gasteiger partial charge in [-0.15, -0.1) is 0 Å². The van der Waals surface area contributed by atoms with Crippen LogP contribution in [0.3, 0.4) is 0 Å². The molecule has 2 aliphatic rings. The van der Waals surface area contributed by atoms with E-state index in [-0.39, 0.29) is 47.5 Å². The Kier molecular flexibility index (Phi) is 11.6. The summed E-state index contributed by atoms with van der Waals surface area (Å²) in [7, 11) is 0. The van der Waals surface area contributed by atoms with E-state index in [1.54, 1.807) is 54.6 Å². The molecular weight excluding hydrogens is 545 g/mol. The Balaban J connectivity index is 0.00000484. The molecule has 1 aliphatic heterocycles. The van der Waals surface area contributed by atoms with Gasteiger partial charge in [0.1, 0.15) is 0 Å². The minimum absolute atomic E-state index is 0. The van der Waals surface area contributed by atoms with Crippen LogP contribution in [-0.2, 0) is 19.2 Å². The van der Waals surface area contributed by atoms with Crippen LogP contribution in [0.25, 0.3) is 6.08 Å². The predicted octanol–water partition coefficient (Wildman–Crippen LogP) is -1.01. The molecule has 1 heterocycles. The van der Waals surface area contributed by atoms with Crippen molar-refractivity contribution in [2.45, 2.75) is 51.1 Å². The van der Waals surface area contributed by atoms with Crippen LogP contribution in [0.2, 0.25) is 0 Å². The minimum Gasteiger partial charge on any atom is -0.874 e. The number of hydrogen-bond acceptors (Lipinski definition) is 7. The van der Waals surface area contributed by atoms with Gasteiger partial charge in [-0.2, -0.15) is 5.26 Å². The van der Waals surface area contributed by atoms with E-state index in [1.165, 1.54) is 13.0 Å². The Morgan fingerprint density at radius 3 is 2.31 bits per heavy atom. The number of amides is 4. The van der Waals surface area contributed by atoms with Crippen molar-refractivity contribution in [1.29, 1.82) is 5.26 Å². The largest absolute Gasteiger partial charge is 1.00 e. The van der Waals surface area contributed by atoms with Gasteiger partial charge in [-0.3, -0.25) is 19.2 Å². The van der Waals surface area contributed by atoms with Crippen molar-refractivity contribution in [3.63, 3.8) is 0 Å². The number of imide groups is 1. The van der Waals surface area contributed by atoms with Crippen molar-refractivity contribution < 1.29 is 53.8 Å². The summed E-state index contributed by atoms with van der Waals surface area (Å²) < 4.78 is 0. The summed E-state index contributed by atoms with van der Waals surface area (Å²) in [5, 5.41) is 28.7. The number of hydrogen-bond donors (Lipinski definition) is 3. The van der Waals surface area contributed by atoms with Gasteiger partial charge in [-0.05, 0) is 55.0 Å². The normalized spacial score (nSPS) is 19.6. The molecule has 1 saturated carbocycles. The quantitative estimate of drug-likeness (QED) is 0.0857. The second-order valence-electron chi connectivity index (χ2n) is 10.3. The standard InChI is InChI=1S/C31H33N5O5.Na/c1-19-27(31(41)36(33)30(19)40)29(39)28(23-9-5-6-10-23)35-26(38)17-24(22-7-3-2-4-8-22)34-25(37)16-15-20-11-13-21(18-32)14-12-20;/h2-4,7-8,11-16,19,23-24,28,39H,5-6,9-10,17,33H2,1H3,(H,34,37)(H,35,38);/q;+1/p-1/b16-15+,29-27-;/t19-,24-,28-;/m0./s1. The third kappa shape index (κ3) is 7.75. The number of carbonyl (C=O) groups is 4. The molecule has 0 radical (unpaired) electrons. The van der Waals surface area contributed by atoms with Crippen LogP contribution in [0.4, 0.5) is 0 Å². The van der Waals surface area contributed by atoms with Gasteiger partial charge >= 0.3 is 29.6 Å². The monoisotopic (exact) mass is 577 g/mol. The molecule has 1 saturated heterocycles. The van der Waals surface area contributed by atoms with Crippen molar-refractivity contribution in [3.8, 4) is 6.07 Å². The molecular formula is C31H32N5NaO5. The van der Waals surface area contributed by atoms with Crippen molar-refractivity contribution in [1.82, 2.24) is 15.6 Å². The number of carbonyl (C=O) groups excluding carboxylic acids is 4. The third-order valence-electron chi connectivity index (χ3n) is 7.60. The molecule has 0 aromatic heterocycles. The van der Waals surface area contributed by atoms with E-state index in [9.17, 15) is 24.3 Å². The fraction of sp³-hybridized carbons (Fsp3) is 0.323. The molecule has 4 rings (SSSR count). The Morgan fingerprint density at radius 2 is 1.74 bits per heavy atom.